The third-order valence-electron chi connectivity index (χ3n) is 3.28. The first-order valence-electron chi connectivity index (χ1n) is 6.50. The Morgan fingerprint density at radius 3 is 2.84 bits per heavy atom. The van der Waals surface area contributed by atoms with Gasteiger partial charge in [-0.3, -0.25) is 9.78 Å². The molecule has 0 amide bonds. The molecule has 0 aliphatic rings. The van der Waals surface area contributed by atoms with E-state index in [1.54, 1.807) is 6.20 Å². The number of hydrogen-bond acceptors (Lipinski definition) is 3. The summed E-state index contributed by atoms with van der Waals surface area (Å²) in [7, 11) is 1.96. The molecule has 19 heavy (non-hydrogen) atoms. The molecule has 2 aromatic heterocycles. The van der Waals surface area contributed by atoms with Crippen LogP contribution in [0.3, 0.4) is 0 Å². The highest BCUT2D eigenvalue weighted by atomic mass is 32.1. The fraction of sp³-hybridized carbons (Fsp3) is 0.538. The van der Waals surface area contributed by atoms with Crippen LogP contribution in [0.15, 0.2) is 17.1 Å². The third-order valence-corrected chi connectivity index (χ3v) is 3.60. The Balaban J connectivity index is 2.42. The number of nitrogens with one attached hydrogen (secondary N) is 3. The zero-order chi connectivity index (χ0) is 14.0. The highest BCUT2D eigenvalue weighted by Gasteiger charge is 2.13. The van der Waals surface area contributed by atoms with Crippen LogP contribution in [0.1, 0.15) is 20.3 Å². The summed E-state index contributed by atoms with van der Waals surface area (Å²) < 4.78 is 2.45. The third kappa shape index (κ3) is 2.96. The van der Waals surface area contributed by atoms with E-state index in [1.165, 1.54) is 0 Å². The van der Waals surface area contributed by atoms with Gasteiger partial charge in [0.2, 0.25) is 0 Å². The molecule has 0 radical (unpaired) electrons. The molecule has 3 N–H and O–H groups in total. The zero-order valence-electron chi connectivity index (χ0n) is 11.5. The first kappa shape index (κ1) is 14.0. The maximum absolute atomic E-state index is 11.8. The van der Waals surface area contributed by atoms with Crippen LogP contribution >= 0.6 is 12.2 Å². The first-order chi connectivity index (χ1) is 9.02. The lowest BCUT2D eigenvalue weighted by molar-refractivity contribution is 0.399. The van der Waals surface area contributed by atoms with Gasteiger partial charge in [0.25, 0.3) is 5.56 Å². The van der Waals surface area contributed by atoms with Crippen molar-refractivity contribution in [3.05, 3.63) is 27.4 Å². The van der Waals surface area contributed by atoms with Crippen LogP contribution in [0.4, 0.5) is 0 Å². The van der Waals surface area contributed by atoms with Gasteiger partial charge in [0.1, 0.15) is 5.52 Å². The Hall–Kier alpha value is -1.40. The standard InChI is InChI=1S/C13H20N4OS/c1-8(2)6-9(14-3)7-17-10-4-5-15-11(10)12(18)16-13(17)19/h4-5,8-9,14-15H,6-7H2,1-3H3,(H,16,18,19). The summed E-state index contributed by atoms with van der Waals surface area (Å²) in [6, 6.07) is 2.22. The van der Waals surface area contributed by atoms with E-state index in [0.29, 0.717) is 22.2 Å². The average molecular weight is 280 g/mol. The van der Waals surface area contributed by atoms with Crippen LogP contribution in [0.25, 0.3) is 11.0 Å². The molecular weight excluding hydrogens is 260 g/mol. The Morgan fingerprint density at radius 1 is 1.47 bits per heavy atom. The Labute approximate surface area is 117 Å². The lowest BCUT2D eigenvalue weighted by Crippen LogP contribution is -2.32. The normalized spacial score (nSPS) is 13.3. The summed E-state index contributed by atoms with van der Waals surface area (Å²) in [5.41, 5.74) is 1.27. The number of fused-ring (bicyclic) bond motifs is 1. The van der Waals surface area contributed by atoms with Crippen LogP contribution in [0.5, 0.6) is 0 Å². The number of rotatable bonds is 5. The average Bonchev–Trinajstić information content (AvgIpc) is 2.81. The topological polar surface area (TPSA) is 65.6 Å². The first-order valence-corrected chi connectivity index (χ1v) is 6.91. The number of likely N-dealkylation sites (N-methyl/N-ethyl adjacent to an activating group) is 1. The maximum atomic E-state index is 11.8. The van der Waals surface area contributed by atoms with Crippen molar-refractivity contribution in [1.29, 1.82) is 0 Å². The van der Waals surface area contributed by atoms with E-state index in [1.807, 2.05) is 17.7 Å². The molecule has 0 spiro atoms. The second-order valence-electron chi connectivity index (χ2n) is 5.22. The molecule has 0 aliphatic carbocycles. The predicted molar refractivity (Wildman–Crippen MR) is 80.0 cm³/mol. The minimum absolute atomic E-state index is 0.161. The smallest absolute Gasteiger partial charge is 0.276 e. The minimum Gasteiger partial charge on any atom is -0.355 e. The molecule has 1 atom stereocenters. The van der Waals surface area contributed by atoms with Gasteiger partial charge >= 0.3 is 0 Å². The lowest BCUT2D eigenvalue weighted by Gasteiger charge is -2.20. The molecule has 0 bridgehead atoms. The van der Waals surface area contributed by atoms with E-state index in [-0.39, 0.29) is 5.56 Å². The van der Waals surface area contributed by atoms with Gasteiger partial charge in [-0.05, 0) is 37.7 Å². The van der Waals surface area contributed by atoms with E-state index in [9.17, 15) is 4.79 Å². The van der Waals surface area contributed by atoms with Gasteiger partial charge in [0.15, 0.2) is 4.77 Å². The molecule has 2 rings (SSSR count). The summed E-state index contributed by atoms with van der Waals surface area (Å²) in [4.78, 5) is 17.4. The number of aromatic nitrogens is 3. The van der Waals surface area contributed by atoms with E-state index >= 15 is 0 Å². The molecule has 0 aliphatic heterocycles. The summed E-state index contributed by atoms with van der Waals surface area (Å²) in [6.45, 7) is 5.14. The van der Waals surface area contributed by atoms with Gasteiger partial charge in [-0.25, -0.2) is 0 Å². The number of nitrogens with zero attached hydrogens (tertiary/aromatic N) is 1. The van der Waals surface area contributed by atoms with E-state index in [0.717, 1.165) is 18.5 Å². The molecule has 0 aromatic carbocycles. The van der Waals surface area contributed by atoms with Crippen molar-refractivity contribution in [2.24, 2.45) is 5.92 Å². The molecule has 0 fully saturated rings. The van der Waals surface area contributed by atoms with Gasteiger partial charge in [-0.1, -0.05) is 13.8 Å². The number of hydrogen-bond donors (Lipinski definition) is 3. The largest absolute Gasteiger partial charge is 0.355 e. The van der Waals surface area contributed by atoms with Gasteiger partial charge in [0.05, 0.1) is 5.52 Å². The Morgan fingerprint density at radius 2 is 2.21 bits per heavy atom. The zero-order valence-corrected chi connectivity index (χ0v) is 12.3. The number of aromatic amines is 2. The van der Waals surface area contributed by atoms with Gasteiger partial charge in [-0.15, -0.1) is 0 Å². The highest BCUT2D eigenvalue weighted by molar-refractivity contribution is 7.71. The van der Waals surface area contributed by atoms with E-state index in [4.69, 9.17) is 12.2 Å². The quantitative estimate of drug-likeness (QED) is 0.734. The van der Waals surface area contributed by atoms with Crippen LogP contribution in [-0.2, 0) is 6.54 Å². The van der Waals surface area contributed by atoms with Crippen molar-refractivity contribution in [2.45, 2.75) is 32.9 Å². The molecule has 104 valence electrons. The van der Waals surface area contributed by atoms with Crippen LogP contribution < -0.4 is 10.9 Å². The van der Waals surface area contributed by atoms with Crippen LogP contribution in [-0.4, -0.2) is 27.6 Å². The van der Waals surface area contributed by atoms with Crippen molar-refractivity contribution in [1.82, 2.24) is 19.9 Å². The van der Waals surface area contributed by atoms with Gasteiger partial charge in [-0.2, -0.15) is 0 Å². The molecule has 5 nitrogen and oxygen atoms in total. The summed E-state index contributed by atoms with van der Waals surface area (Å²) in [6.07, 6.45) is 2.82. The maximum Gasteiger partial charge on any atom is 0.276 e. The van der Waals surface area contributed by atoms with E-state index < -0.39 is 0 Å². The van der Waals surface area contributed by atoms with Gasteiger partial charge in [0, 0.05) is 18.8 Å². The fourth-order valence-electron chi connectivity index (χ4n) is 2.36. The van der Waals surface area contributed by atoms with Crippen molar-refractivity contribution in [3.8, 4) is 0 Å². The summed E-state index contributed by atoms with van der Waals surface area (Å²) >= 11 is 5.28. The SMILES string of the molecule is CNC(CC(C)C)Cn1c(=S)[nH]c(=O)c2[nH]ccc21. The molecule has 2 aromatic rings. The monoisotopic (exact) mass is 280 g/mol. The Bertz CT molecular complexity index is 667. The lowest BCUT2D eigenvalue weighted by atomic mass is 10.0. The van der Waals surface area contributed by atoms with Crippen LogP contribution in [0, 0.1) is 10.7 Å². The molecule has 1 unspecified atom stereocenters. The molecule has 2 heterocycles. The van der Waals surface area contributed by atoms with Crippen molar-refractivity contribution < 1.29 is 0 Å². The molecule has 0 saturated heterocycles. The second kappa shape index (κ2) is 5.71. The van der Waals surface area contributed by atoms with Gasteiger partial charge < -0.3 is 14.9 Å². The second-order valence-corrected chi connectivity index (χ2v) is 5.61. The summed E-state index contributed by atoms with van der Waals surface area (Å²) in [5.74, 6) is 0.607. The van der Waals surface area contributed by atoms with Crippen molar-refractivity contribution in [2.75, 3.05) is 7.05 Å². The van der Waals surface area contributed by atoms with Crippen molar-refractivity contribution >= 4 is 23.3 Å². The molecule has 0 saturated carbocycles. The fourth-order valence-corrected chi connectivity index (χ4v) is 2.62. The minimum atomic E-state index is -0.161. The molecular formula is C13H20N4OS. The predicted octanol–water partition coefficient (Wildman–Crippen LogP) is 2.02. The van der Waals surface area contributed by atoms with Crippen molar-refractivity contribution in [3.63, 3.8) is 0 Å². The molecule has 6 heteroatoms. The Kier molecular flexibility index (Phi) is 4.21. The van der Waals surface area contributed by atoms with Crippen LogP contribution in [0.2, 0.25) is 0 Å². The summed E-state index contributed by atoms with van der Waals surface area (Å²) in [5, 5.41) is 3.31. The van der Waals surface area contributed by atoms with E-state index in [2.05, 4.69) is 29.1 Å². The number of H-pyrrole nitrogens is 2. The highest BCUT2D eigenvalue weighted by Crippen LogP contribution is 2.12.